The van der Waals surface area contributed by atoms with Crippen LogP contribution in [-0.4, -0.2) is 73.3 Å². The van der Waals surface area contributed by atoms with Gasteiger partial charge in [0.1, 0.15) is 23.8 Å². The Hall–Kier alpha value is -2.45. The Kier molecular flexibility index (Phi) is 8.72. The zero-order valence-electron chi connectivity index (χ0n) is 19.6. The molecule has 1 atom stereocenters. The Balaban J connectivity index is 1.26. The van der Waals surface area contributed by atoms with Gasteiger partial charge in [-0.15, -0.1) is 0 Å². The van der Waals surface area contributed by atoms with E-state index in [2.05, 4.69) is 36.1 Å². The lowest BCUT2D eigenvalue weighted by atomic mass is 10.0. The van der Waals surface area contributed by atoms with Gasteiger partial charge in [0.05, 0.1) is 0 Å². The first-order valence-electron chi connectivity index (χ1n) is 12.5. The number of nitrogens with zero attached hydrogens (tertiary/aromatic N) is 5. The maximum absolute atomic E-state index is 13.6. The van der Waals surface area contributed by atoms with Gasteiger partial charge in [-0.05, 0) is 57.0 Å². The fraction of sp³-hybridized carbons (Fsp3) is 0.600. The van der Waals surface area contributed by atoms with Crippen molar-refractivity contribution < 1.29 is 4.39 Å². The number of anilines is 3. The molecular formula is C25H38FN7. The lowest BCUT2D eigenvalue weighted by Gasteiger charge is -2.36. The standard InChI is InChI=1S/C25H38FN7/c26-21-7-5-9-23(17-21)33-12-6-8-22(19-33)30-24-18-25(29-20-28-24)32-15-13-31(14-16-32)11-4-2-1-3-10-27/h5,7,9,17-18,20,22H,1-4,6,8,10-16,19,27H2,(H,28,29,30)/t22-/m1/s1. The van der Waals surface area contributed by atoms with Crippen LogP contribution in [0.2, 0.25) is 0 Å². The van der Waals surface area contributed by atoms with Gasteiger partial charge in [-0.3, -0.25) is 4.90 Å². The van der Waals surface area contributed by atoms with Crippen molar-refractivity contribution in [2.24, 2.45) is 5.73 Å². The van der Waals surface area contributed by atoms with E-state index in [4.69, 9.17) is 5.73 Å². The summed E-state index contributed by atoms with van der Waals surface area (Å²) in [6.07, 6.45) is 8.73. The van der Waals surface area contributed by atoms with E-state index in [0.29, 0.717) is 0 Å². The molecule has 2 saturated heterocycles. The third-order valence-corrected chi connectivity index (χ3v) is 6.72. The minimum absolute atomic E-state index is 0.185. The number of nitrogens with two attached hydrogens (primary N) is 1. The summed E-state index contributed by atoms with van der Waals surface area (Å²) in [5, 5.41) is 3.60. The normalized spacial score (nSPS) is 19.6. The van der Waals surface area contributed by atoms with Crippen molar-refractivity contribution in [2.75, 3.05) is 67.5 Å². The van der Waals surface area contributed by atoms with Crippen molar-refractivity contribution >= 4 is 17.3 Å². The topological polar surface area (TPSA) is 73.6 Å². The first kappa shape index (κ1) is 23.7. The highest BCUT2D eigenvalue weighted by Gasteiger charge is 2.22. The van der Waals surface area contributed by atoms with Gasteiger partial charge in [-0.2, -0.15) is 0 Å². The summed E-state index contributed by atoms with van der Waals surface area (Å²) in [6, 6.07) is 9.22. The highest BCUT2D eigenvalue weighted by molar-refractivity contribution is 5.51. The SMILES string of the molecule is NCCCCCCN1CCN(c2cc(N[C@@H]3CCCN(c4cccc(F)c4)C3)ncn2)CC1. The van der Waals surface area contributed by atoms with E-state index in [1.54, 1.807) is 18.5 Å². The molecule has 4 rings (SSSR count). The third kappa shape index (κ3) is 7.01. The van der Waals surface area contributed by atoms with Gasteiger partial charge in [-0.1, -0.05) is 18.9 Å². The number of halogens is 1. The summed E-state index contributed by atoms with van der Waals surface area (Å²) in [5.41, 5.74) is 6.52. The number of unbranched alkanes of at least 4 members (excludes halogenated alkanes) is 3. The predicted octanol–water partition coefficient (Wildman–Crippen LogP) is 3.34. The number of piperazine rings is 1. The molecule has 2 fully saturated rings. The van der Waals surface area contributed by atoms with Crippen molar-refractivity contribution in [3.05, 3.63) is 42.5 Å². The molecule has 7 nitrogen and oxygen atoms in total. The van der Waals surface area contributed by atoms with E-state index in [9.17, 15) is 4.39 Å². The van der Waals surface area contributed by atoms with E-state index in [0.717, 1.165) is 82.4 Å². The minimum Gasteiger partial charge on any atom is -0.369 e. The zero-order chi connectivity index (χ0) is 22.9. The molecule has 3 N–H and O–H groups in total. The molecule has 1 aromatic heterocycles. The molecule has 0 aliphatic carbocycles. The predicted molar refractivity (Wildman–Crippen MR) is 133 cm³/mol. The van der Waals surface area contributed by atoms with E-state index in [1.807, 2.05) is 6.07 Å². The number of piperidine rings is 1. The fourth-order valence-electron chi connectivity index (χ4n) is 4.84. The summed E-state index contributed by atoms with van der Waals surface area (Å²) in [6.45, 7) is 7.93. The van der Waals surface area contributed by atoms with Gasteiger partial charge in [0.2, 0.25) is 0 Å². The molecule has 0 amide bonds. The Morgan fingerprint density at radius 1 is 0.970 bits per heavy atom. The molecule has 33 heavy (non-hydrogen) atoms. The van der Waals surface area contributed by atoms with Crippen LogP contribution in [0.5, 0.6) is 0 Å². The third-order valence-electron chi connectivity index (χ3n) is 6.72. The van der Waals surface area contributed by atoms with Crippen LogP contribution in [0.25, 0.3) is 0 Å². The molecule has 2 aliphatic heterocycles. The molecule has 0 spiro atoms. The van der Waals surface area contributed by atoms with Crippen LogP contribution in [0, 0.1) is 5.82 Å². The minimum atomic E-state index is -0.185. The van der Waals surface area contributed by atoms with Gasteiger partial charge in [0.15, 0.2) is 0 Å². The van der Waals surface area contributed by atoms with Gasteiger partial charge in [0.25, 0.3) is 0 Å². The van der Waals surface area contributed by atoms with Crippen molar-refractivity contribution in [1.29, 1.82) is 0 Å². The largest absolute Gasteiger partial charge is 0.369 e. The summed E-state index contributed by atoms with van der Waals surface area (Å²) in [4.78, 5) is 16.2. The Bertz CT molecular complexity index is 856. The Labute approximate surface area is 197 Å². The average Bonchev–Trinajstić information content (AvgIpc) is 2.85. The Morgan fingerprint density at radius 2 is 1.82 bits per heavy atom. The van der Waals surface area contributed by atoms with E-state index in [1.165, 1.54) is 31.9 Å². The molecule has 3 heterocycles. The summed E-state index contributed by atoms with van der Waals surface area (Å²) >= 11 is 0. The van der Waals surface area contributed by atoms with Crippen LogP contribution in [-0.2, 0) is 0 Å². The quantitative estimate of drug-likeness (QED) is 0.532. The molecule has 2 aliphatic rings. The second-order valence-electron chi connectivity index (χ2n) is 9.20. The second-order valence-corrected chi connectivity index (χ2v) is 9.20. The van der Waals surface area contributed by atoms with E-state index < -0.39 is 0 Å². The number of nitrogens with one attached hydrogen (secondary N) is 1. The molecule has 8 heteroatoms. The number of rotatable bonds is 10. The zero-order valence-corrected chi connectivity index (χ0v) is 19.6. The maximum atomic E-state index is 13.6. The molecule has 180 valence electrons. The second kappa shape index (κ2) is 12.1. The first-order valence-corrected chi connectivity index (χ1v) is 12.5. The Morgan fingerprint density at radius 3 is 2.64 bits per heavy atom. The molecule has 2 aromatic rings. The van der Waals surface area contributed by atoms with Gasteiger partial charge < -0.3 is 20.9 Å². The van der Waals surface area contributed by atoms with Crippen LogP contribution >= 0.6 is 0 Å². The van der Waals surface area contributed by atoms with Gasteiger partial charge >= 0.3 is 0 Å². The van der Waals surface area contributed by atoms with Gasteiger partial charge in [-0.25, -0.2) is 14.4 Å². The fourth-order valence-corrected chi connectivity index (χ4v) is 4.84. The molecule has 0 saturated carbocycles. The smallest absolute Gasteiger partial charge is 0.134 e. The molecular weight excluding hydrogens is 417 g/mol. The lowest BCUT2D eigenvalue weighted by Crippen LogP contribution is -2.47. The first-order chi connectivity index (χ1) is 16.2. The maximum Gasteiger partial charge on any atom is 0.134 e. The number of benzene rings is 1. The van der Waals surface area contributed by atoms with E-state index >= 15 is 0 Å². The summed E-state index contributed by atoms with van der Waals surface area (Å²) in [5.74, 6) is 1.68. The van der Waals surface area contributed by atoms with Crippen molar-refractivity contribution in [3.8, 4) is 0 Å². The van der Waals surface area contributed by atoms with Crippen LogP contribution in [0.4, 0.5) is 21.7 Å². The lowest BCUT2D eigenvalue weighted by molar-refractivity contribution is 0.251. The van der Waals surface area contributed by atoms with Crippen LogP contribution in [0.1, 0.15) is 38.5 Å². The van der Waals surface area contributed by atoms with Gasteiger partial charge in [0, 0.05) is 57.1 Å². The van der Waals surface area contributed by atoms with Crippen molar-refractivity contribution in [3.63, 3.8) is 0 Å². The molecule has 0 bridgehead atoms. The average molecular weight is 456 g/mol. The number of hydrogen-bond acceptors (Lipinski definition) is 7. The summed E-state index contributed by atoms with van der Waals surface area (Å²) in [7, 11) is 0. The highest BCUT2D eigenvalue weighted by atomic mass is 19.1. The van der Waals surface area contributed by atoms with Crippen LogP contribution in [0.3, 0.4) is 0 Å². The number of hydrogen-bond donors (Lipinski definition) is 2. The van der Waals surface area contributed by atoms with Crippen LogP contribution < -0.4 is 20.9 Å². The summed E-state index contributed by atoms with van der Waals surface area (Å²) < 4.78 is 13.6. The molecule has 1 aromatic carbocycles. The van der Waals surface area contributed by atoms with Crippen molar-refractivity contribution in [1.82, 2.24) is 14.9 Å². The molecule has 0 radical (unpaired) electrons. The van der Waals surface area contributed by atoms with Crippen molar-refractivity contribution in [2.45, 2.75) is 44.6 Å². The number of aromatic nitrogens is 2. The monoisotopic (exact) mass is 455 g/mol. The van der Waals surface area contributed by atoms with E-state index in [-0.39, 0.29) is 11.9 Å². The molecule has 0 unspecified atom stereocenters. The highest BCUT2D eigenvalue weighted by Crippen LogP contribution is 2.23. The van der Waals surface area contributed by atoms with Crippen LogP contribution in [0.15, 0.2) is 36.7 Å².